The molecule has 5 nitrogen and oxygen atoms in total. The van der Waals surface area contributed by atoms with Gasteiger partial charge in [-0.1, -0.05) is 0 Å². The highest BCUT2D eigenvalue weighted by Gasteiger charge is 2.20. The molecular formula is C15H18BrN5. The van der Waals surface area contributed by atoms with E-state index in [-0.39, 0.29) is 0 Å². The van der Waals surface area contributed by atoms with Gasteiger partial charge in [-0.3, -0.25) is 0 Å². The lowest BCUT2D eigenvalue weighted by atomic mass is 10.0. The minimum Gasteiger partial charge on any atom is -0.367 e. The lowest BCUT2D eigenvalue weighted by Crippen LogP contribution is -2.39. The van der Waals surface area contributed by atoms with Crippen molar-refractivity contribution >= 4 is 27.6 Å². The summed E-state index contributed by atoms with van der Waals surface area (Å²) in [4.78, 5) is 6.70. The Bertz CT molecular complexity index is 596. The van der Waals surface area contributed by atoms with E-state index in [1.165, 1.54) is 5.56 Å². The Kier molecular flexibility index (Phi) is 4.34. The third-order valence-corrected chi connectivity index (χ3v) is 4.61. The van der Waals surface area contributed by atoms with Gasteiger partial charge in [-0.25, -0.2) is 4.98 Å². The first-order chi connectivity index (χ1) is 10.2. The summed E-state index contributed by atoms with van der Waals surface area (Å²) in [7, 11) is 0. The molecule has 6 heteroatoms. The second-order valence-corrected chi connectivity index (χ2v) is 6.16. The Balaban J connectivity index is 1.57. The van der Waals surface area contributed by atoms with Gasteiger partial charge in [0.2, 0.25) is 0 Å². The fourth-order valence-corrected chi connectivity index (χ4v) is 2.76. The predicted octanol–water partition coefficient (Wildman–Crippen LogP) is 3.02. The van der Waals surface area contributed by atoms with Crippen molar-refractivity contribution in [2.24, 2.45) is 0 Å². The van der Waals surface area contributed by atoms with Crippen LogP contribution in [0, 0.1) is 6.92 Å². The van der Waals surface area contributed by atoms with Gasteiger partial charge in [0.05, 0.1) is 0 Å². The van der Waals surface area contributed by atoms with Gasteiger partial charge in [0.25, 0.3) is 0 Å². The third-order valence-electron chi connectivity index (χ3n) is 3.78. The molecule has 0 atom stereocenters. The van der Waals surface area contributed by atoms with Gasteiger partial charge >= 0.3 is 0 Å². The summed E-state index contributed by atoms with van der Waals surface area (Å²) < 4.78 is 1.05. The molecule has 1 saturated heterocycles. The largest absolute Gasteiger partial charge is 0.367 e. The molecule has 110 valence electrons. The molecule has 3 rings (SSSR count). The first kappa shape index (κ1) is 14.3. The summed E-state index contributed by atoms with van der Waals surface area (Å²) >= 11 is 3.48. The average Bonchev–Trinajstić information content (AvgIpc) is 2.53. The van der Waals surface area contributed by atoms with Crippen LogP contribution in [-0.2, 0) is 0 Å². The number of hydrogen-bond acceptors (Lipinski definition) is 5. The minimum absolute atomic E-state index is 0.464. The van der Waals surface area contributed by atoms with Crippen LogP contribution in [-0.4, -0.2) is 34.3 Å². The first-order valence-corrected chi connectivity index (χ1v) is 7.93. The molecule has 1 aliphatic rings. The molecule has 0 bridgehead atoms. The molecule has 0 aromatic carbocycles. The monoisotopic (exact) mass is 347 g/mol. The second-order valence-electron chi connectivity index (χ2n) is 5.31. The molecular weight excluding hydrogens is 330 g/mol. The topological polar surface area (TPSA) is 53.9 Å². The van der Waals surface area contributed by atoms with E-state index < -0.39 is 0 Å². The number of anilines is 2. The van der Waals surface area contributed by atoms with E-state index in [2.05, 4.69) is 54.3 Å². The van der Waals surface area contributed by atoms with E-state index >= 15 is 0 Å². The zero-order valence-corrected chi connectivity index (χ0v) is 13.5. The summed E-state index contributed by atoms with van der Waals surface area (Å²) in [5.74, 6) is 1.92. The van der Waals surface area contributed by atoms with Crippen LogP contribution < -0.4 is 10.2 Å². The Morgan fingerprint density at radius 2 is 2.14 bits per heavy atom. The van der Waals surface area contributed by atoms with E-state index in [1.807, 2.05) is 18.3 Å². The van der Waals surface area contributed by atoms with Crippen molar-refractivity contribution in [2.45, 2.75) is 25.8 Å². The van der Waals surface area contributed by atoms with Gasteiger partial charge in [0.1, 0.15) is 5.82 Å². The van der Waals surface area contributed by atoms with Gasteiger partial charge in [-0.05, 0) is 59.5 Å². The quantitative estimate of drug-likeness (QED) is 0.924. The molecule has 0 unspecified atom stereocenters. The van der Waals surface area contributed by atoms with E-state index in [1.54, 1.807) is 6.20 Å². The van der Waals surface area contributed by atoms with Crippen molar-refractivity contribution in [2.75, 3.05) is 23.3 Å². The van der Waals surface area contributed by atoms with Crippen LogP contribution in [0.5, 0.6) is 0 Å². The molecule has 0 spiro atoms. The average molecular weight is 348 g/mol. The lowest BCUT2D eigenvalue weighted by Gasteiger charge is -2.33. The maximum atomic E-state index is 4.42. The van der Waals surface area contributed by atoms with Gasteiger partial charge < -0.3 is 10.2 Å². The van der Waals surface area contributed by atoms with Crippen LogP contribution in [0.4, 0.5) is 11.6 Å². The Hall–Kier alpha value is -1.69. The lowest BCUT2D eigenvalue weighted by molar-refractivity contribution is 0.521. The molecule has 0 aliphatic carbocycles. The molecule has 1 fully saturated rings. The van der Waals surface area contributed by atoms with E-state index in [0.29, 0.717) is 6.04 Å². The number of aromatic nitrogens is 3. The van der Waals surface area contributed by atoms with Crippen molar-refractivity contribution in [1.29, 1.82) is 0 Å². The van der Waals surface area contributed by atoms with E-state index in [4.69, 9.17) is 0 Å². The van der Waals surface area contributed by atoms with Gasteiger partial charge in [-0.2, -0.15) is 5.10 Å². The standard InChI is InChI=1S/C15H18BrN5/c1-11-9-14(17-10-13(11)16)19-12-4-7-21(8-5-12)15-3-2-6-18-20-15/h2-3,6,9-10,12H,4-5,7-8H2,1H3,(H,17,19). The van der Waals surface area contributed by atoms with Gasteiger partial charge in [0, 0.05) is 36.0 Å². The smallest absolute Gasteiger partial charge is 0.151 e. The normalized spacial score (nSPS) is 16.0. The summed E-state index contributed by atoms with van der Waals surface area (Å²) in [5.41, 5.74) is 1.20. The molecule has 1 aliphatic heterocycles. The fraction of sp³-hybridized carbons (Fsp3) is 0.400. The van der Waals surface area contributed by atoms with Crippen LogP contribution in [0.2, 0.25) is 0 Å². The van der Waals surface area contributed by atoms with E-state index in [9.17, 15) is 0 Å². The van der Waals surface area contributed by atoms with Crippen molar-refractivity contribution in [3.8, 4) is 0 Å². The van der Waals surface area contributed by atoms with Gasteiger partial charge in [-0.15, -0.1) is 5.10 Å². The summed E-state index contributed by atoms with van der Waals surface area (Å²) in [6.45, 7) is 4.06. The number of piperidine rings is 1. The number of nitrogens with zero attached hydrogens (tertiary/aromatic N) is 4. The fourth-order valence-electron chi connectivity index (χ4n) is 2.54. The van der Waals surface area contributed by atoms with E-state index in [0.717, 1.165) is 42.0 Å². The number of pyridine rings is 1. The van der Waals surface area contributed by atoms with Crippen molar-refractivity contribution < 1.29 is 0 Å². The summed E-state index contributed by atoms with van der Waals surface area (Å²) in [6, 6.07) is 6.49. The Morgan fingerprint density at radius 3 is 2.81 bits per heavy atom. The maximum Gasteiger partial charge on any atom is 0.151 e. The third kappa shape index (κ3) is 3.50. The number of nitrogens with one attached hydrogen (secondary N) is 1. The minimum atomic E-state index is 0.464. The van der Waals surface area contributed by atoms with Crippen molar-refractivity contribution in [3.05, 3.63) is 40.6 Å². The zero-order valence-electron chi connectivity index (χ0n) is 12.0. The molecule has 21 heavy (non-hydrogen) atoms. The van der Waals surface area contributed by atoms with Crippen LogP contribution in [0.15, 0.2) is 35.1 Å². The van der Waals surface area contributed by atoms with Crippen molar-refractivity contribution in [3.63, 3.8) is 0 Å². The molecule has 1 N–H and O–H groups in total. The molecule has 3 heterocycles. The second kappa shape index (κ2) is 6.39. The number of hydrogen-bond donors (Lipinski definition) is 1. The maximum absolute atomic E-state index is 4.42. The predicted molar refractivity (Wildman–Crippen MR) is 87.6 cm³/mol. The highest BCUT2D eigenvalue weighted by atomic mass is 79.9. The molecule has 2 aromatic heterocycles. The summed E-state index contributed by atoms with van der Waals surface area (Å²) in [6.07, 6.45) is 5.71. The Labute approximate surface area is 132 Å². The first-order valence-electron chi connectivity index (χ1n) is 7.14. The van der Waals surface area contributed by atoms with Gasteiger partial charge in [0.15, 0.2) is 5.82 Å². The van der Waals surface area contributed by atoms with Crippen LogP contribution in [0.25, 0.3) is 0 Å². The molecule has 0 radical (unpaired) electrons. The number of aryl methyl sites for hydroxylation is 1. The van der Waals surface area contributed by atoms with Crippen LogP contribution in [0.3, 0.4) is 0 Å². The van der Waals surface area contributed by atoms with Crippen molar-refractivity contribution in [1.82, 2.24) is 15.2 Å². The Morgan fingerprint density at radius 1 is 1.33 bits per heavy atom. The molecule has 0 saturated carbocycles. The zero-order chi connectivity index (χ0) is 14.7. The van der Waals surface area contributed by atoms with Crippen LogP contribution >= 0.6 is 15.9 Å². The highest BCUT2D eigenvalue weighted by Crippen LogP contribution is 2.21. The summed E-state index contributed by atoms with van der Waals surface area (Å²) in [5, 5.41) is 11.6. The SMILES string of the molecule is Cc1cc(NC2CCN(c3cccnn3)CC2)ncc1Br. The molecule has 0 amide bonds. The number of rotatable bonds is 3. The highest BCUT2D eigenvalue weighted by molar-refractivity contribution is 9.10. The van der Waals surface area contributed by atoms with Crippen LogP contribution in [0.1, 0.15) is 18.4 Å². The molecule has 2 aromatic rings. The number of halogens is 1.